The van der Waals surface area contributed by atoms with Gasteiger partial charge in [0.15, 0.2) is 0 Å². The van der Waals surface area contributed by atoms with Crippen molar-refractivity contribution >= 4 is 15.9 Å². The third-order valence-electron chi connectivity index (χ3n) is 4.12. The lowest BCUT2D eigenvalue weighted by Crippen LogP contribution is -2.27. The Morgan fingerprint density at radius 2 is 2.17 bits per heavy atom. The summed E-state index contributed by atoms with van der Waals surface area (Å²) in [4.78, 5) is 0. The van der Waals surface area contributed by atoms with Gasteiger partial charge < -0.3 is 5.32 Å². The lowest BCUT2D eigenvalue weighted by Gasteiger charge is -2.31. The average molecular weight is 310 g/mol. The highest BCUT2D eigenvalue weighted by atomic mass is 79.9. The second-order valence-corrected chi connectivity index (χ2v) is 6.35. The molecule has 0 aromatic heterocycles. The second kappa shape index (κ2) is 6.72. The van der Waals surface area contributed by atoms with Crippen molar-refractivity contribution in [2.24, 2.45) is 5.92 Å². The number of nitrogens with one attached hydrogen (secondary N) is 1. The van der Waals surface area contributed by atoms with Crippen LogP contribution in [0.4, 0.5) is 0 Å². The summed E-state index contributed by atoms with van der Waals surface area (Å²) in [5.74, 6) is 0.942. The van der Waals surface area contributed by atoms with Crippen LogP contribution >= 0.6 is 15.9 Å². The highest BCUT2D eigenvalue weighted by Gasteiger charge is 2.23. The molecule has 1 nitrogen and oxygen atoms in total. The van der Waals surface area contributed by atoms with E-state index in [2.05, 4.69) is 53.3 Å². The van der Waals surface area contributed by atoms with E-state index in [1.807, 2.05) is 0 Å². The van der Waals surface area contributed by atoms with Gasteiger partial charge in [0.25, 0.3) is 0 Å². The Morgan fingerprint density at radius 1 is 1.39 bits per heavy atom. The quantitative estimate of drug-likeness (QED) is 0.780. The van der Waals surface area contributed by atoms with Crippen molar-refractivity contribution in [1.82, 2.24) is 5.32 Å². The molecule has 1 aromatic carbocycles. The molecule has 1 unspecified atom stereocenters. The van der Waals surface area contributed by atoms with Crippen LogP contribution in [0.3, 0.4) is 0 Å². The van der Waals surface area contributed by atoms with Gasteiger partial charge in [0.05, 0.1) is 0 Å². The van der Waals surface area contributed by atoms with Crippen LogP contribution < -0.4 is 5.32 Å². The topological polar surface area (TPSA) is 12.0 Å². The van der Waals surface area contributed by atoms with Crippen molar-refractivity contribution in [3.63, 3.8) is 0 Å². The first kappa shape index (κ1) is 14.1. The smallest absolute Gasteiger partial charge is 0.0325 e. The van der Waals surface area contributed by atoms with Crippen molar-refractivity contribution in [3.8, 4) is 0 Å². The molecule has 100 valence electrons. The highest BCUT2D eigenvalue weighted by Crippen LogP contribution is 2.36. The van der Waals surface area contributed by atoms with E-state index in [1.165, 1.54) is 47.7 Å². The lowest BCUT2D eigenvalue weighted by atomic mass is 9.79. The van der Waals surface area contributed by atoms with Gasteiger partial charge in [-0.2, -0.15) is 0 Å². The summed E-state index contributed by atoms with van der Waals surface area (Å²) in [6, 6.07) is 7.12. The molecular formula is C16H24BrN. The maximum Gasteiger partial charge on any atom is 0.0325 e. The van der Waals surface area contributed by atoms with Crippen LogP contribution in [0.5, 0.6) is 0 Å². The van der Waals surface area contributed by atoms with Gasteiger partial charge in [-0.3, -0.25) is 0 Å². The van der Waals surface area contributed by atoms with E-state index < -0.39 is 0 Å². The molecule has 1 saturated carbocycles. The Labute approximate surface area is 119 Å². The summed E-state index contributed by atoms with van der Waals surface area (Å²) in [5, 5.41) is 3.73. The standard InChI is InChI=1S/C16H24BrN/c1-3-10-18-16(11-13-6-4-7-13)14-8-5-9-15(17)12(14)2/h5,8-9,13,16,18H,3-4,6-7,10-11H2,1-2H3. The number of hydrogen-bond acceptors (Lipinski definition) is 1. The van der Waals surface area contributed by atoms with Gasteiger partial charge in [-0.05, 0) is 49.4 Å². The van der Waals surface area contributed by atoms with Crippen molar-refractivity contribution < 1.29 is 0 Å². The molecule has 0 amide bonds. The molecule has 1 fully saturated rings. The Kier molecular flexibility index (Phi) is 5.25. The highest BCUT2D eigenvalue weighted by molar-refractivity contribution is 9.10. The summed E-state index contributed by atoms with van der Waals surface area (Å²) in [6.45, 7) is 5.57. The van der Waals surface area contributed by atoms with E-state index in [9.17, 15) is 0 Å². The van der Waals surface area contributed by atoms with Crippen LogP contribution in [0.2, 0.25) is 0 Å². The predicted octanol–water partition coefficient (Wildman–Crippen LogP) is 4.99. The van der Waals surface area contributed by atoms with Gasteiger partial charge >= 0.3 is 0 Å². The molecule has 0 bridgehead atoms. The Morgan fingerprint density at radius 3 is 2.78 bits per heavy atom. The zero-order valence-corrected chi connectivity index (χ0v) is 13.1. The maximum atomic E-state index is 3.73. The van der Waals surface area contributed by atoms with Gasteiger partial charge in [0.1, 0.15) is 0 Å². The third kappa shape index (κ3) is 3.36. The first-order valence-corrected chi connectivity index (χ1v) is 8.00. The van der Waals surface area contributed by atoms with Crippen LogP contribution in [0, 0.1) is 12.8 Å². The van der Waals surface area contributed by atoms with Crippen molar-refractivity contribution in [3.05, 3.63) is 33.8 Å². The fraction of sp³-hybridized carbons (Fsp3) is 0.625. The fourth-order valence-corrected chi connectivity index (χ4v) is 3.08. The van der Waals surface area contributed by atoms with Gasteiger partial charge in [-0.15, -0.1) is 0 Å². The molecule has 1 aliphatic rings. The predicted molar refractivity (Wildman–Crippen MR) is 81.9 cm³/mol. The molecule has 1 aromatic rings. The molecule has 1 N–H and O–H groups in total. The first-order valence-electron chi connectivity index (χ1n) is 7.20. The Hall–Kier alpha value is -0.340. The van der Waals surface area contributed by atoms with E-state index in [0.717, 1.165) is 12.5 Å². The van der Waals surface area contributed by atoms with Gasteiger partial charge in [-0.1, -0.05) is 54.2 Å². The molecule has 0 aliphatic heterocycles. The van der Waals surface area contributed by atoms with Crippen molar-refractivity contribution in [2.45, 2.75) is 52.0 Å². The number of rotatable bonds is 6. The Balaban J connectivity index is 2.12. The number of hydrogen-bond donors (Lipinski definition) is 1. The van der Waals surface area contributed by atoms with Crippen molar-refractivity contribution in [1.29, 1.82) is 0 Å². The lowest BCUT2D eigenvalue weighted by molar-refractivity contribution is 0.261. The molecule has 0 heterocycles. The summed E-state index contributed by atoms with van der Waals surface area (Å²) in [7, 11) is 0. The van der Waals surface area contributed by atoms with Gasteiger partial charge in [0, 0.05) is 10.5 Å². The van der Waals surface area contributed by atoms with Crippen LogP contribution in [0.25, 0.3) is 0 Å². The molecule has 0 spiro atoms. The maximum absolute atomic E-state index is 3.73. The van der Waals surface area contributed by atoms with Crippen LogP contribution in [0.1, 0.15) is 56.2 Å². The minimum Gasteiger partial charge on any atom is -0.310 e. The summed E-state index contributed by atoms with van der Waals surface area (Å²) >= 11 is 3.65. The van der Waals surface area contributed by atoms with E-state index in [0.29, 0.717) is 6.04 Å². The normalized spacial score (nSPS) is 17.5. The Bertz CT molecular complexity index is 385. The third-order valence-corrected chi connectivity index (χ3v) is 4.98. The van der Waals surface area contributed by atoms with Crippen LogP contribution in [-0.2, 0) is 0 Å². The largest absolute Gasteiger partial charge is 0.310 e. The molecule has 1 atom stereocenters. The SMILES string of the molecule is CCCNC(CC1CCC1)c1cccc(Br)c1C. The summed E-state index contributed by atoms with van der Waals surface area (Å²) < 4.78 is 1.23. The molecule has 0 radical (unpaired) electrons. The zero-order chi connectivity index (χ0) is 13.0. The minimum atomic E-state index is 0.535. The molecule has 1 aliphatic carbocycles. The first-order chi connectivity index (χ1) is 8.72. The van der Waals surface area contributed by atoms with E-state index >= 15 is 0 Å². The molecule has 18 heavy (non-hydrogen) atoms. The van der Waals surface area contributed by atoms with Crippen LogP contribution in [0.15, 0.2) is 22.7 Å². The summed E-state index contributed by atoms with van der Waals surface area (Å²) in [5.41, 5.74) is 2.87. The number of benzene rings is 1. The zero-order valence-electron chi connectivity index (χ0n) is 11.5. The van der Waals surface area contributed by atoms with E-state index in [1.54, 1.807) is 0 Å². The molecular weight excluding hydrogens is 286 g/mol. The fourth-order valence-electron chi connectivity index (χ4n) is 2.70. The average Bonchev–Trinajstić information content (AvgIpc) is 2.31. The number of halogens is 1. The van der Waals surface area contributed by atoms with Crippen LogP contribution in [-0.4, -0.2) is 6.54 Å². The second-order valence-electron chi connectivity index (χ2n) is 5.49. The van der Waals surface area contributed by atoms with Crippen molar-refractivity contribution in [2.75, 3.05) is 6.54 Å². The monoisotopic (exact) mass is 309 g/mol. The van der Waals surface area contributed by atoms with Gasteiger partial charge in [0.2, 0.25) is 0 Å². The molecule has 0 saturated heterocycles. The van der Waals surface area contributed by atoms with Gasteiger partial charge in [-0.25, -0.2) is 0 Å². The van der Waals surface area contributed by atoms with E-state index in [-0.39, 0.29) is 0 Å². The minimum absolute atomic E-state index is 0.535. The molecule has 2 rings (SSSR count). The summed E-state index contributed by atoms with van der Waals surface area (Å²) in [6.07, 6.45) is 6.79. The van der Waals surface area contributed by atoms with E-state index in [4.69, 9.17) is 0 Å². The molecule has 2 heteroatoms.